The Bertz CT molecular complexity index is 522. The van der Waals surface area contributed by atoms with Crippen molar-refractivity contribution in [3.05, 3.63) is 38.1 Å². The van der Waals surface area contributed by atoms with Crippen LogP contribution in [0.1, 0.15) is 15.4 Å². The molecular formula is C12H12BrNOS. The molecule has 0 saturated heterocycles. The molecule has 84 valence electrons. The van der Waals surface area contributed by atoms with Crippen molar-refractivity contribution in [3.8, 4) is 11.3 Å². The standard InChI is InChI=1S/C12H12BrNOS/c1-7-3-4-9(10(13)5-7)12-11(6-15)16-8(2)14-12/h3-5,15H,6H2,1-2H3. The van der Waals surface area contributed by atoms with Crippen LogP contribution < -0.4 is 0 Å². The summed E-state index contributed by atoms with van der Waals surface area (Å²) in [5.41, 5.74) is 3.13. The fourth-order valence-corrected chi connectivity index (χ4v) is 3.09. The average Bonchev–Trinajstić information content (AvgIpc) is 2.59. The Balaban J connectivity index is 2.57. The fourth-order valence-electron chi connectivity index (χ4n) is 1.60. The molecule has 2 aromatic rings. The van der Waals surface area contributed by atoms with Crippen LogP contribution in [0.3, 0.4) is 0 Å². The molecule has 1 aromatic carbocycles. The number of hydrogen-bond donors (Lipinski definition) is 1. The summed E-state index contributed by atoms with van der Waals surface area (Å²) < 4.78 is 1.02. The predicted octanol–water partition coefficient (Wildman–Crippen LogP) is 3.68. The summed E-state index contributed by atoms with van der Waals surface area (Å²) in [5.74, 6) is 0. The van der Waals surface area contributed by atoms with E-state index < -0.39 is 0 Å². The second-order valence-electron chi connectivity index (χ2n) is 3.65. The first-order valence-corrected chi connectivity index (χ1v) is 6.56. The van der Waals surface area contributed by atoms with Gasteiger partial charge in [-0.05, 0) is 25.5 Å². The van der Waals surface area contributed by atoms with E-state index in [9.17, 15) is 5.11 Å². The van der Waals surface area contributed by atoms with E-state index in [1.165, 1.54) is 5.56 Å². The van der Waals surface area contributed by atoms with Gasteiger partial charge in [-0.15, -0.1) is 11.3 Å². The van der Waals surface area contributed by atoms with Crippen molar-refractivity contribution in [2.24, 2.45) is 0 Å². The number of thiazole rings is 1. The van der Waals surface area contributed by atoms with Gasteiger partial charge in [-0.25, -0.2) is 4.98 Å². The predicted molar refractivity (Wildman–Crippen MR) is 70.6 cm³/mol. The van der Waals surface area contributed by atoms with Gasteiger partial charge < -0.3 is 5.11 Å². The molecule has 1 heterocycles. The highest BCUT2D eigenvalue weighted by Gasteiger charge is 2.12. The van der Waals surface area contributed by atoms with Gasteiger partial charge in [0.15, 0.2) is 0 Å². The number of benzene rings is 1. The minimum Gasteiger partial charge on any atom is -0.391 e. The number of aliphatic hydroxyl groups excluding tert-OH is 1. The summed E-state index contributed by atoms with van der Waals surface area (Å²) in [5, 5.41) is 10.3. The molecule has 0 aliphatic heterocycles. The van der Waals surface area contributed by atoms with E-state index in [1.54, 1.807) is 11.3 Å². The maximum absolute atomic E-state index is 9.29. The molecule has 1 N–H and O–H groups in total. The van der Waals surface area contributed by atoms with Crippen LogP contribution in [0.2, 0.25) is 0 Å². The van der Waals surface area contributed by atoms with Gasteiger partial charge in [0.05, 0.1) is 22.2 Å². The quantitative estimate of drug-likeness (QED) is 0.917. The monoisotopic (exact) mass is 297 g/mol. The van der Waals surface area contributed by atoms with Crippen LogP contribution >= 0.6 is 27.3 Å². The zero-order chi connectivity index (χ0) is 11.7. The van der Waals surface area contributed by atoms with E-state index in [2.05, 4.69) is 33.0 Å². The molecule has 2 nitrogen and oxygen atoms in total. The first-order valence-electron chi connectivity index (χ1n) is 4.95. The van der Waals surface area contributed by atoms with Crippen LogP contribution in [0.15, 0.2) is 22.7 Å². The maximum Gasteiger partial charge on any atom is 0.0905 e. The van der Waals surface area contributed by atoms with Crippen LogP contribution in [0.5, 0.6) is 0 Å². The first kappa shape index (κ1) is 11.8. The summed E-state index contributed by atoms with van der Waals surface area (Å²) >= 11 is 5.08. The Morgan fingerprint density at radius 1 is 1.38 bits per heavy atom. The van der Waals surface area contributed by atoms with Crippen LogP contribution in [0.4, 0.5) is 0 Å². The number of halogens is 1. The van der Waals surface area contributed by atoms with Gasteiger partial charge in [-0.2, -0.15) is 0 Å². The summed E-state index contributed by atoms with van der Waals surface area (Å²) in [4.78, 5) is 5.39. The smallest absolute Gasteiger partial charge is 0.0905 e. The zero-order valence-electron chi connectivity index (χ0n) is 9.12. The third-order valence-corrected chi connectivity index (χ3v) is 3.94. The van der Waals surface area contributed by atoms with Crippen molar-refractivity contribution in [2.45, 2.75) is 20.5 Å². The molecular weight excluding hydrogens is 286 g/mol. The van der Waals surface area contributed by atoms with Crippen molar-refractivity contribution in [1.82, 2.24) is 4.98 Å². The highest BCUT2D eigenvalue weighted by Crippen LogP contribution is 2.33. The molecule has 0 bridgehead atoms. The fraction of sp³-hybridized carbons (Fsp3) is 0.250. The number of hydrogen-bond acceptors (Lipinski definition) is 3. The van der Waals surface area contributed by atoms with Crippen molar-refractivity contribution >= 4 is 27.3 Å². The van der Waals surface area contributed by atoms with Crippen molar-refractivity contribution in [3.63, 3.8) is 0 Å². The molecule has 0 fully saturated rings. The van der Waals surface area contributed by atoms with Crippen molar-refractivity contribution in [2.75, 3.05) is 0 Å². The van der Waals surface area contributed by atoms with Crippen LogP contribution in [0, 0.1) is 13.8 Å². The second-order valence-corrected chi connectivity index (χ2v) is 5.79. The highest BCUT2D eigenvalue weighted by atomic mass is 79.9. The van der Waals surface area contributed by atoms with Crippen LogP contribution in [-0.2, 0) is 6.61 Å². The SMILES string of the molecule is Cc1ccc(-c2nc(C)sc2CO)c(Br)c1. The molecule has 0 radical (unpaired) electrons. The molecule has 0 unspecified atom stereocenters. The van der Waals surface area contributed by atoms with E-state index in [4.69, 9.17) is 0 Å². The number of aromatic nitrogens is 1. The Labute approximate surface area is 107 Å². The molecule has 1 aromatic heterocycles. The average molecular weight is 298 g/mol. The van der Waals surface area contributed by atoms with Gasteiger partial charge in [-0.1, -0.05) is 28.1 Å². The van der Waals surface area contributed by atoms with Gasteiger partial charge in [0.25, 0.3) is 0 Å². The van der Waals surface area contributed by atoms with Crippen LogP contribution in [-0.4, -0.2) is 10.1 Å². The van der Waals surface area contributed by atoms with E-state index in [0.717, 1.165) is 25.6 Å². The van der Waals surface area contributed by atoms with E-state index >= 15 is 0 Å². The molecule has 16 heavy (non-hydrogen) atoms. The summed E-state index contributed by atoms with van der Waals surface area (Å²) in [6.45, 7) is 4.05. The number of aliphatic hydroxyl groups is 1. The highest BCUT2D eigenvalue weighted by molar-refractivity contribution is 9.10. The molecule has 0 spiro atoms. The lowest BCUT2D eigenvalue weighted by molar-refractivity contribution is 0.286. The lowest BCUT2D eigenvalue weighted by atomic mass is 10.1. The summed E-state index contributed by atoms with van der Waals surface area (Å²) in [6, 6.07) is 6.15. The lowest BCUT2D eigenvalue weighted by Gasteiger charge is -2.04. The number of nitrogens with zero attached hydrogens (tertiary/aromatic N) is 1. The third-order valence-electron chi connectivity index (χ3n) is 2.33. The number of aryl methyl sites for hydroxylation is 2. The molecule has 2 rings (SSSR count). The van der Waals surface area contributed by atoms with Gasteiger partial charge in [0, 0.05) is 10.0 Å². The number of rotatable bonds is 2. The molecule has 0 atom stereocenters. The Kier molecular flexibility index (Phi) is 3.42. The minimum absolute atomic E-state index is 0.0428. The van der Waals surface area contributed by atoms with Crippen molar-refractivity contribution in [1.29, 1.82) is 0 Å². The van der Waals surface area contributed by atoms with Gasteiger partial charge in [-0.3, -0.25) is 0 Å². The van der Waals surface area contributed by atoms with Gasteiger partial charge in [0.2, 0.25) is 0 Å². The molecule has 4 heteroatoms. The summed E-state index contributed by atoms with van der Waals surface area (Å²) in [6.07, 6.45) is 0. The van der Waals surface area contributed by atoms with E-state index in [1.807, 2.05) is 19.9 Å². The van der Waals surface area contributed by atoms with Gasteiger partial charge >= 0.3 is 0 Å². The topological polar surface area (TPSA) is 33.1 Å². The summed E-state index contributed by atoms with van der Waals surface area (Å²) in [7, 11) is 0. The largest absolute Gasteiger partial charge is 0.391 e. The molecule has 0 aliphatic carbocycles. The second kappa shape index (κ2) is 4.65. The minimum atomic E-state index is 0.0428. The maximum atomic E-state index is 9.29. The Hall–Kier alpha value is -0.710. The van der Waals surface area contributed by atoms with E-state index in [-0.39, 0.29) is 6.61 Å². The Morgan fingerprint density at radius 3 is 2.75 bits per heavy atom. The van der Waals surface area contributed by atoms with Gasteiger partial charge in [0.1, 0.15) is 0 Å². The molecule has 0 aliphatic rings. The third kappa shape index (κ3) is 2.19. The first-order chi connectivity index (χ1) is 7.61. The Morgan fingerprint density at radius 2 is 2.12 bits per heavy atom. The lowest BCUT2D eigenvalue weighted by Crippen LogP contribution is -1.87. The molecule has 0 amide bonds. The normalized spacial score (nSPS) is 10.8. The van der Waals surface area contributed by atoms with Crippen molar-refractivity contribution < 1.29 is 5.11 Å². The van der Waals surface area contributed by atoms with Crippen LogP contribution in [0.25, 0.3) is 11.3 Å². The molecule has 0 saturated carbocycles. The van der Waals surface area contributed by atoms with E-state index in [0.29, 0.717) is 0 Å². The zero-order valence-corrected chi connectivity index (χ0v) is 11.5.